The molecule has 0 amide bonds. The number of benzene rings is 4. The Morgan fingerprint density at radius 3 is 0.552 bits per heavy atom. The molecule has 4 aromatic rings. The molecular formula is C56H84O9Si2. The lowest BCUT2D eigenvalue weighted by Crippen LogP contribution is -2.57. The van der Waals surface area contributed by atoms with Gasteiger partial charge in [0.05, 0.1) is 0 Å². The average Bonchev–Trinajstić information content (AvgIpc) is 3.05. The van der Waals surface area contributed by atoms with Crippen molar-refractivity contribution in [2.24, 2.45) is 0 Å². The minimum absolute atomic E-state index is 0.448. The van der Waals surface area contributed by atoms with Crippen molar-refractivity contribution in [1.29, 1.82) is 0 Å². The van der Waals surface area contributed by atoms with Gasteiger partial charge in [0.2, 0.25) is 0 Å². The number of rotatable bonds is 14. The zero-order chi connectivity index (χ0) is 50.9. The summed E-state index contributed by atoms with van der Waals surface area (Å²) in [7, 11) is -4.80. The summed E-state index contributed by atoms with van der Waals surface area (Å²) in [5, 5.41) is 3.51. The number of hydrogen-bond acceptors (Lipinski definition) is 9. The second kappa shape index (κ2) is 20.0. The van der Waals surface area contributed by atoms with E-state index in [1.165, 1.54) is 0 Å². The Labute approximate surface area is 409 Å². The molecule has 4 rings (SSSR count). The zero-order valence-corrected chi connectivity index (χ0v) is 47.6. The first-order valence-corrected chi connectivity index (χ1v) is 26.4. The van der Waals surface area contributed by atoms with Gasteiger partial charge >= 0.3 is 0 Å². The van der Waals surface area contributed by atoms with Crippen molar-refractivity contribution in [3.8, 4) is 46.0 Å². The fourth-order valence-corrected chi connectivity index (χ4v) is 12.2. The first-order valence-electron chi connectivity index (χ1n) is 23.6. The zero-order valence-electron chi connectivity index (χ0n) is 45.6. The molecule has 0 N–H and O–H groups in total. The lowest BCUT2D eigenvalue weighted by atomic mass is 10.1. The van der Waals surface area contributed by atoms with Crippen molar-refractivity contribution in [3.63, 3.8) is 0 Å². The fourth-order valence-electron chi connectivity index (χ4n) is 6.70. The normalized spacial score (nSPS) is 13.4. The standard InChI is InChI=1S/C56H84O9Si2/c1-49(2,3)57-37-25-29-45(41(33-37)61-53(13,14)15)66(46-30-26-38(58-50(4,5)6)34-42(46)62-54(16,17)18)65-67(47-31-27-39(59-51(7,8)9)35-43(47)63-55(19,20)21)48-32-28-40(60-52(10,11)12)36-44(48)64-56(22,23)24/h25-36H,1-24H3. The van der Waals surface area contributed by atoms with Crippen molar-refractivity contribution in [2.45, 2.75) is 211 Å². The lowest BCUT2D eigenvalue weighted by Gasteiger charge is -2.33. The van der Waals surface area contributed by atoms with Gasteiger partial charge in [0, 0.05) is 45.0 Å². The molecular weight excluding hydrogens is 873 g/mol. The molecule has 4 aromatic carbocycles. The molecule has 0 fully saturated rings. The van der Waals surface area contributed by atoms with E-state index in [1.807, 2.05) is 132 Å². The maximum atomic E-state index is 8.10. The quantitative estimate of drug-likeness (QED) is 0.115. The van der Waals surface area contributed by atoms with Crippen molar-refractivity contribution in [1.82, 2.24) is 0 Å². The van der Waals surface area contributed by atoms with Gasteiger partial charge in [0.25, 0.3) is 18.1 Å². The average molecular weight is 957 g/mol. The molecule has 0 heterocycles. The molecule has 370 valence electrons. The highest BCUT2D eigenvalue weighted by atomic mass is 28.4. The molecule has 0 saturated heterocycles. The van der Waals surface area contributed by atoms with Crippen molar-refractivity contribution < 1.29 is 42.0 Å². The van der Waals surface area contributed by atoms with Gasteiger partial charge in [-0.25, -0.2) is 0 Å². The Hall–Kier alpha value is -4.33. The summed E-state index contributed by atoms with van der Waals surface area (Å²) in [6.45, 7) is 49.1. The third-order valence-corrected chi connectivity index (χ3v) is 13.6. The van der Waals surface area contributed by atoms with Crippen molar-refractivity contribution in [2.75, 3.05) is 0 Å². The molecule has 9 nitrogen and oxygen atoms in total. The Morgan fingerprint density at radius 1 is 0.239 bits per heavy atom. The van der Waals surface area contributed by atoms with Crippen LogP contribution in [0.2, 0.25) is 0 Å². The summed E-state index contributed by atoms with van der Waals surface area (Å²) in [6.07, 6.45) is 0. The smallest absolute Gasteiger partial charge is 0.280 e. The Morgan fingerprint density at radius 2 is 0.403 bits per heavy atom. The third-order valence-electron chi connectivity index (χ3n) is 8.36. The second-order valence-corrected chi connectivity index (χ2v) is 29.4. The molecule has 0 aliphatic rings. The molecule has 0 saturated carbocycles. The van der Waals surface area contributed by atoms with Crippen LogP contribution < -0.4 is 58.6 Å². The summed E-state index contributed by atoms with van der Waals surface area (Å²) in [5.41, 5.74) is -4.08. The second-order valence-electron chi connectivity index (χ2n) is 25.1. The summed E-state index contributed by atoms with van der Waals surface area (Å²) in [4.78, 5) is 0. The highest BCUT2D eigenvalue weighted by Gasteiger charge is 2.39. The predicted molar refractivity (Wildman–Crippen MR) is 280 cm³/mol. The number of hydrogen-bond donors (Lipinski definition) is 0. The first-order chi connectivity index (χ1) is 30.1. The van der Waals surface area contributed by atoms with Crippen LogP contribution in [0.5, 0.6) is 46.0 Å². The highest BCUT2D eigenvalue weighted by molar-refractivity contribution is 6.93. The van der Waals surface area contributed by atoms with E-state index in [1.54, 1.807) is 0 Å². The fraction of sp³-hybridized carbons (Fsp3) is 0.571. The minimum atomic E-state index is -2.40. The van der Waals surface area contributed by atoms with Crippen LogP contribution in [0, 0.1) is 0 Å². The summed E-state index contributed by atoms with van der Waals surface area (Å²) < 4.78 is 61.8. The molecule has 0 aliphatic heterocycles. The maximum Gasteiger partial charge on any atom is 0.280 e. The molecule has 67 heavy (non-hydrogen) atoms. The largest absolute Gasteiger partial charge is 0.488 e. The summed E-state index contributed by atoms with van der Waals surface area (Å²) in [5.74, 6) is 5.37. The molecule has 0 bridgehead atoms. The van der Waals surface area contributed by atoms with E-state index in [0.29, 0.717) is 46.0 Å². The van der Waals surface area contributed by atoms with E-state index < -0.39 is 62.9 Å². The minimum Gasteiger partial charge on any atom is -0.488 e. The highest BCUT2D eigenvalue weighted by Crippen LogP contribution is 2.33. The van der Waals surface area contributed by atoms with Crippen LogP contribution in [-0.2, 0) is 4.12 Å². The van der Waals surface area contributed by atoms with Gasteiger partial charge in [-0.05, 0) is 190 Å². The predicted octanol–water partition coefficient (Wildman–Crippen LogP) is 12.0. The Kier molecular flexibility index (Phi) is 16.5. The van der Waals surface area contributed by atoms with E-state index in [9.17, 15) is 0 Å². The van der Waals surface area contributed by atoms with Gasteiger partial charge in [-0.1, -0.05) is 24.3 Å². The lowest BCUT2D eigenvalue weighted by molar-refractivity contribution is 0.121. The molecule has 2 radical (unpaired) electrons. The molecule has 0 unspecified atom stereocenters. The SMILES string of the molecule is CC(C)(C)Oc1ccc([Si](O[Si](c2ccc(OC(C)(C)C)cc2OC(C)(C)C)c2ccc(OC(C)(C)C)cc2OC(C)(C)C)c2ccc(OC(C)(C)C)cc2OC(C)(C)C)c(OC(C)(C)C)c1. The maximum absolute atomic E-state index is 8.10. The van der Waals surface area contributed by atoms with Gasteiger partial charge < -0.3 is 42.0 Å². The van der Waals surface area contributed by atoms with Crippen LogP contribution in [-0.4, -0.2) is 62.9 Å². The van der Waals surface area contributed by atoms with Crippen molar-refractivity contribution >= 4 is 38.8 Å². The van der Waals surface area contributed by atoms with Crippen LogP contribution in [0.25, 0.3) is 0 Å². The van der Waals surface area contributed by atoms with Crippen LogP contribution in [0.3, 0.4) is 0 Å². The van der Waals surface area contributed by atoms with Crippen LogP contribution in [0.15, 0.2) is 72.8 Å². The molecule has 0 spiro atoms. The van der Waals surface area contributed by atoms with E-state index in [4.69, 9.17) is 42.0 Å². The Balaban J connectivity index is 2.25. The van der Waals surface area contributed by atoms with Crippen LogP contribution >= 0.6 is 0 Å². The van der Waals surface area contributed by atoms with E-state index >= 15 is 0 Å². The van der Waals surface area contributed by atoms with Gasteiger partial charge in [-0.2, -0.15) is 0 Å². The van der Waals surface area contributed by atoms with Gasteiger partial charge in [0.1, 0.15) is 90.8 Å². The summed E-state index contributed by atoms with van der Waals surface area (Å²) in [6, 6.07) is 24.4. The van der Waals surface area contributed by atoms with Gasteiger partial charge in [-0.15, -0.1) is 0 Å². The topological polar surface area (TPSA) is 83.1 Å². The molecule has 0 aromatic heterocycles. The van der Waals surface area contributed by atoms with E-state index in [-0.39, 0.29) is 0 Å². The third kappa shape index (κ3) is 18.9. The van der Waals surface area contributed by atoms with Crippen LogP contribution in [0.4, 0.5) is 0 Å². The number of ether oxygens (including phenoxy) is 8. The molecule has 0 aliphatic carbocycles. The van der Waals surface area contributed by atoms with Crippen LogP contribution in [0.1, 0.15) is 166 Å². The molecule has 11 heteroatoms. The van der Waals surface area contributed by atoms with E-state index in [2.05, 4.69) is 107 Å². The van der Waals surface area contributed by atoms with E-state index in [0.717, 1.165) is 20.7 Å². The first kappa shape index (κ1) is 55.3. The van der Waals surface area contributed by atoms with Gasteiger partial charge in [0.15, 0.2) is 0 Å². The molecule has 0 atom stereocenters. The summed E-state index contributed by atoms with van der Waals surface area (Å²) >= 11 is 0. The van der Waals surface area contributed by atoms with Gasteiger partial charge in [-0.3, -0.25) is 0 Å². The monoisotopic (exact) mass is 957 g/mol. The Bertz CT molecular complexity index is 1960. The van der Waals surface area contributed by atoms with Crippen molar-refractivity contribution in [3.05, 3.63) is 72.8 Å².